The van der Waals surface area contributed by atoms with Crippen LogP contribution in [0.1, 0.15) is 60.1 Å². The van der Waals surface area contributed by atoms with Gasteiger partial charge in [-0.05, 0) is 55.6 Å². The Morgan fingerprint density at radius 1 is 0.621 bits per heavy atom. The van der Waals surface area contributed by atoms with E-state index in [1.165, 1.54) is 0 Å². The molecule has 0 amide bonds. The Hall–Kier alpha value is -4.33. The Labute approximate surface area is 348 Å². The van der Waals surface area contributed by atoms with E-state index >= 15 is 0 Å². The monoisotopic (exact) mass is 813 g/mol. The zero-order chi connectivity index (χ0) is 41.6. The van der Waals surface area contributed by atoms with Crippen LogP contribution in [0.3, 0.4) is 0 Å². The average molecular weight is 814 g/mol. The number of hydrogen-bond donors (Lipinski definition) is 1. The molecular formula is C41H66BN6O10. The van der Waals surface area contributed by atoms with Crippen LogP contribution in [0, 0.1) is 22.7 Å². The molecule has 0 spiro atoms. The second-order valence-corrected chi connectivity index (χ2v) is 14.7. The highest BCUT2D eigenvalue weighted by molar-refractivity contribution is 5.75. The summed E-state index contributed by atoms with van der Waals surface area (Å²) in [4.78, 5) is 8.02. The Balaban J connectivity index is 0.000000852. The fourth-order valence-electron chi connectivity index (χ4n) is 4.37. The number of ether oxygens (including phenoxy) is 10. The molecule has 0 saturated carbocycles. The van der Waals surface area contributed by atoms with Crippen molar-refractivity contribution in [3.63, 3.8) is 0 Å². The summed E-state index contributed by atoms with van der Waals surface area (Å²) >= 11 is 0. The van der Waals surface area contributed by atoms with E-state index in [1.807, 2.05) is 80.7 Å². The molecule has 58 heavy (non-hydrogen) atoms. The van der Waals surface area contributed by atoms with E-state index < -0.39 is 0 Å². The molecule has 2 aromatic rings. The van der Waals surface area contributed by atoms with Crippen LogP contribution in [0.5, 0.6) is 23.0 Å². The van der Waals surface area contributed by atoms with Crippen LogP contribution < -0.4 is 24.7 Å². The van der Waals surface area contributed by atoms with E-state index in [2.05, 4.69) is 11.1 Å². The number of nitrogen functional groups attached to an aromatic ring is 1. The molecule has 2 heterocycles. The zero-order valence-electron chi connectivity index (χ0n) is 35.4. The molecule has 0 fully saturated rings. The van der Waals surface area contributed by atoms with Crippen molar-refractivity contribution in [2.45, 2.75) is 66.6 Å². The zero-order valence-corrected chi connectivity index (χ0v) is 35.4. The molecule has 0 saturated heterocycles. The number of hydrogen-bond acceptors (Lipinski definition) is 15. The Kier molecular flexibility index (Phi) is 26.1. The van der Waals surface area contributed by atoms with Gasteiger partial charge in [0.05, 0.1) is 92.9 Å². The van der Waals surface area contributed by atoms with E-state index in [0.717, 1.165) is 0 Å². The first-order valence-corrected chi connectivity index (χ1v) is 18.5. The number of fused-ring (bicyclic) bond motifs is 2. The molecule has 0 unspecified atom stereocenters. The van der Waals surface area contributed by atoms with Gasteiger partial charge in [0.15, 0.2) is 23.0 Å². The third-order valence-electron chi connectivity index (χ3n) is 6.86. The fourth-order valence-corrected chi connectivity index (χ4v) is 4.37. The minimum atomic E-state index is -0.296. The lowest BCUT2D eigenvalue weighted by Crippen LogP contribution is -2.43. The molecule has 2 N–H and O–H groups in total. The molecule has 0 aliphatic carbocycles. The molecule has 2 aliphatic rings. The lowest BCUT2D eigenvalue weighted by Gasteiger charge is -2.35. The summed E-state index contributed by atoms with van der Waals surface area (Å²) in [6.07, 6.45) is 1.34. The van der Waals surface area contributed by atoms with Crippen molar-refractivity contribution in [1.82, 2.24) is 9.80 Å². The molecule has 16 nitrogen and oxygen atoms in total. The van der Waals surface area contributed by atoms with Crippen molar-refractivity contribution >= 4 is 26.1 Å². The minimum Gasteiger partial charge on any atom is -0.487 e. The van der Waals surface area contributed by atoms with Gasteiger partial charge in [-0.25, -0.2) is 4.99 Å². The lowest BCUT2D eigenvalue weighted by molar-refractivity contribution is -0.285. The summed E-state index contributed by atoms with van der Waals surface area (Å²) in [6.45, 7) is 17.6. The minimum absolute atomic E-state index is 0. The highest BCUT2D eigenvalue weighted by Gasteiger charge is 2.26. The van der Waals surface area contributed by atoms with Gasteiger partial charge >= 0.3 is 0 Å². The van der Waals surface area contributed by atoms with E-state index in [4.69, 9.17) is 58.4 Å². The van der Waals surface area contributed by atoms with Crippen LogP contribution in [0.15, 0.2) is 29.3 Å². The maximum atomic E-state index is 9.32. The van der Waals surface area contributed by atoms with Crippen molar-refractivity contribution in [2.75, 3.05) is 113 Å². The summed E-state index contributed by atoms with van der Waals surface area (Å²) < 4.78 is 55.5. The smallest absolute Gasteiger partial charge is 0.219 e. The van der Waals surface area contributed by atoms with Gasteiger partial charge in [0.2, 0.25) is 6.41 Å². The first-order valence-electron chi connectivity index (χ1n) is 18.5. The van der Waals surface area contributed by atoms with Crippen molar-refractivity contribution < 1.29 is 47.4 Å². The van der Waals surface area contributed by atoms with Gasteiger partial charge < -0.3 is 58.0 Å². The number of nitrogens with two attached hydrogens (primary N) is 1. The molecule has 2 aliphatic heterocycles. The number of nitriles is 2. The van der Waals surface area contributed by atoms with Gasteiger partial charge in [0, 0.05) is 46.8 Å². The highest BCUT2D eigenvalue weighted by Crippen LogP contribution is 2.35. The van der Waals surface area contributed by atoms with Gasteiger partial charge in [-0.15, -0.1) is 0 Å². The normalized spacial score (nSPS) is 15.3. The highest BCUT2D eigenvalue weighted by atomic mass is 16.7. The lowest BCUT2D eigenvalue weighted by atomic mass is 10.1. The molecule has 0 aromatic heterocycles. The van der Waals surface area contributed by atoms with Gasteiger partial charge in [0.25, 0.3) is 0 Å². The van der Waals surface area contributed by atoms with Crippen molar-refractivity contribution in [2.24, 2.45) is 4.99 Å². The van der Waals surface area contributed by atoms with Crippen molar-refractivity contribution in [3.8, 4) is 35.1 Å². The van der Waals surface area contributed by atoms with Gasteiger partial charge in [-0.1, -0.05) is 7.43 Å². The number of anilines is 1. The predicted molar refractivity (Wildman–Crippen MR) is 225 cm³/mol. The van der Waals surface area contributed by atoms with Crippen LogP contribution in [0.4, 0.5) is 11.4 Å². The second-order valence-electron chi connectivity index (χ2n) is 14.7. The van der Waals surface area contributed by atoms with E-state index in [0.29, 0.717) is 125 Å². The summed E-state index contributed by atoms with van der Waals surface area (Å²) in [5.41, 5.74) is 7.07. The van der Waals surface area contributed by atoms with Crippen LogP contribution in [0.2, 0.25) is 0 Å². The summed E-state index contributed by atoms with van der Waals surface area (Å²) in [5.74, 6) is 2.06. The summed E-state index contributed by atoms with van der Waals surface area (Å²) in [6, 6.07) is 10.7. The molecule has 2 aromatic carbocycles. The second kappa shape index (κ2) is 28.2. The topological polar surface area (TPSA) is 185 Å². The van der Waals surface area contributed by atoms with E-state index in [1.54, 1.807) is 35.5 Å². The Morgan fingerprint density at radius 2 is 0.966 bits per heavy atom. The summed E-state index contributed by atoms with van der Waals surface area (Å²) in [5, 5.41) is 18.3. The quantitative estimate of drug-likeness (QED) is 0.136. The fraction of sp³-hybridized carbons (Fsp3) is 0.634. The third-order valence-corrected chi connectivity index (χ3v) is 6.86. The molecule has 3 radical (unpaired) electrons. The number of rotatable bonds is 5. The SMILES string of the molecule is C.CN(C)C(OC(C)(C)C)OC(C)(C)C.CN(C)C=Nc1cc2c(cc1C#N)OCCOCCOCCO2.N#Cc1cc2c(cc1N)OCCOCCOCCO2.[B]. The Morgan fingerprint density at radius 3 is 1.31 bits per heavy atom. The van der Waals surface area contributed by atoms with Crippen LogP contribution in [0.25, 0.3) is 0 Å². The maximum absolute atomic E-state index is 9.32. The maximum Gasteiger partial charge on any atom is 0.219 e. The summed E-state index contributed by atoms with van der Waals surface area (Å²) in [7, 11) is 7.62. The predicted octanol–water partition coefficient (Wildman–Crippen LogP) is 5.25. The number of nitrogens with zero attached hydrogens (tertiary/aromatic N) is 5. The largest absolute Gasteiger partial charge is 0.487 e. The molecule has 17 heteroatoms. The molecule has 323 valence electrons. The van der Waals surface area contributed by atoms with Crippen molar-refractivity contribution in [3.05, 3.63) is 35.4 Å². The average Bonchev–Trinajstić information content (AvgIpc) is 3.10. The van der Waals surface area contributed by atoms with E-state index in [9.17, 15) is 5.26 Å². The first-order chi connectivity index (χ1) is 26.5. The first kappa shape index (κ1) is 53.7. The van der Waals surface area contributed by atoms with Gasteiger partial charge in [-0.3, -0.25) is 4.90 Å². The van der Waals surface area contributed by atoms with E-state index in [-0.39, 0.29) is 33.5 Å². The van der Waals surface area contributed by atoms with Gasteiger partial charge in [-0.2, -0.15) is 10.5 Å². The molecule has 4 rings (SSSR count). The number of aliphatic imine (C=N–C) groups is 1. The Bertz CT molecular complexity index is 1550. The number of benzene rings is 2. The van der Waals surface area contributed by atoms with Crippen LogP contribution >= 0.6 is 0 Å². The standard InChI is InChI=1S/C16H21N3O4.C13H16N2O4.C11H25NO2.CH4.B/c1-19(2)12-18-14-10-16-15(9-13(14)11-17)22-7-5-20-3-4-21-6-8-23-16;14-9-10-7-12-13(8-11(10)15)19-6-4-17-2-1-16-3-5-18-12;1-10(2,3)13-9(12(7)8)14-11(4,5)6;;/h9-10,12H,3-8H2,1-2H3;7-8H,1-6,15H2;9H,1-8H3;1H4;. The van der Waals surface area contributed by atoms with Crippen LogP contribution in [-0.2, 0) is 28.4 Å². The van der Waals surface area contributed by atoms with Crippen LogP contribution in [-0.4, -0.2) is 150 Å². The van der Waals surface area contributed by atoms with Crippen molar-refractivity contribution in [1.29, 1.82) is 10.5 Å². The third kappa shape index (κ3) is 22.6. The molecule has 0 bridgehead atoms. The molecule has 0 atom stereocenters. The molecular weight excluding hydrogens is 747 g/mol. The van der Waals surface area contributed by atoms with Gasteiger partial charge in [0.1, 0.15) is 38.6 Å².